The van der Waals surface area contributed by atoms with Gasteiger partial charge in [-0.3, -0.25) is 4.68 Å². The molecule has 3 nitrogen and oxygen atoms in total. The second-order valence-corrected chi connectivity index (χ2v) is 6.44. The third-order valence-electron chi connectivity index (χ3n) is 3.74. The predicted molar refractivity (Wildman–Crippen MR) is 89.9 cm³/mol. The molecular formula is C17H23BrN2O. The third-order valence-corrected chi connectivity index (χ3v) is 4.66. The Morgan fingerprint density at radius 3 is 2.57 bits per heavy atom. The molecule has 1 heterocycles. The topological polar surface area (TPSA) is 27.1 Å². The standard InChI is InChI=1S/C17H23BrN2O/c1-6-15-17(18)16(20(5)19-15)10-21-13-7-8-14(11(2)3)12(4)9-13/h7-9,11H,6,10H2,1-5H3. The molecule has 0 N–H and O–H groups in total. The lowest BCUT2D eigenvalue weighted by atomic mass is 9.98. The summed E-state index contributed by atoms with van der Waals surface area (Å²) in [6, 6.07) is 6.32. The second-order valence-electron chi connectivity index (χ2n) is 5.65. The Morgan fingerprint density at radius 1 is 1.33 bits per heavy atom. The number of benzene rings is 1. The number of hydrogen-bond donors (Lipinski definition) is 0. The van der Waals surface area contributed by atoms with Crippen molar-refractivity contribution in [3.63, 3.8) is 0 Å². The maximum atomic E-state index is 5.94. The molecule has 0 unspecified atom stereocenters. The summed E-state index contributed by atoms with van der Waals surface area (Å²) in [6.45, 7) is 9.18. The fraction of sp³-hybridized carbons (Fsp3) is 0.471. The van der Waals surface area contributed by atoms with Crippen LogP contribution in [0, 0.1) is 6.92 Å². The van der Waals surface area contributed by atoms with Crippen LogP contribution in [0.3, 0.4) is 0 Å². The van der Waals surface area contributed by atoms with Crippen molar-refractivity contribution in [1.29, 1.82) is 0 Å². The Morgan fingerprint density at radius 2 is 2.05 bits per heavy atom. The van der Waals surface area contributed by atoms with Crippen molar-refractivity contribution in [2.24, 2.45) is 7.05 Å². The Labute approximate surface area is 135 Å². The number of hydrogen-bond acceptors (Lipinski definition) is 2. The molecule has 2 rings (SSSR count). The van der Waals surface area contributed by atoms with Gasteiger partial charge in [0.1, 0.15) is 12.4 Å². The van der Waals surface area contributed by atoms with E-state index in [1.54, 1.807) is 0 Å². The van der Waals surface area contributed by atoms with E-state index in [9.17, 15) is 0 Å². The number of rotatable bonds is 5. The summed E-state index contributed by atoms with van der Waals surface area (Å²) in [5.74, 6) is 1.44. The van der Waals surface area contributed by atoms with Gasteiger partial charge in [0.25, 0.3) is 0 Å². The first-order valence-electron chi connectivity index (χ1n) is 7.37. The van der Waals surface area contributed by atoms with Gasteiger partial charge in [-0.15, -0.1) is 0 Å². The molecule has 2 aromatic rings. The highest BCUT2D eigenvalue weighted by Crippen LogP contribution is 2.26. The lowest BCUT2D eigenvalue weighted by molar-refractivity contribution is 0.294. The molecular weight excluding hydrogens is 328 g/mol. The van der Waals surface area contributed by atoms with Crippen LogP contribution in [0.25, 0.3) is 0 Å². The Hall–Kier alpha value is -1.29. The zero-order valence-corrected chi connectivity index (χ0v) is 15.0. The molecule has 0 saturated carbocycles. The average molecular weight is 351 g/mol. The predicted octanol–water partition coefficient (Wildman–Crippen LogP) is 4.76. The van der Waals surface area contributed by atoms with Gasteiger partial charge in [0, 0.05) is 7.05 Å². The number of ether oxygens (including phenoxy) is 1. The van der Waals surface area contributed by atoms with Crippen LogP contribution in [-0.2, 0) is 20.1 Å². The number of aromatic nitrogens is 2. The van der Waals surface area contributed by atoms with Crippen LogP contribution in [-0.4, -0.2) is 9.78 Å². The lowest BCUT2D eigenvalue weighted by Gasteiger charge is -2.12. The number of halogens is 1. The van der Waals surface area contributed by atoms with Gasteiger partial charge in [-0.25, -0.2) is 0 Å². The van der Waals surface area contributed by atoms with Crippen molar-refractivity contribution in [2.75, 3.05) is 0 Å². The van der Waals surface area contributed by atoms with E-state index in [0.717, 1.165) is 28.0 Å². The van der Waals surface area contributed by atoms with Crippen molar-refractivity contribution in [2.45, 2.75) is 46.6 Å². The SMILES string of the molecule is CCc1nn(C)c(COc2ccc(C(C)C)c(C)c2)c1Br. The smallest absolute Gasteiger partial charge is 0.131 e. The van der Waals surface area contributed by atoms with Gasteiger partial charge in [-0.2, -0.15) is 5.10 Å². The Kier molecular flexibility index (Phi) is 5.09. The summed E-state index contributed by atoms with van der Waals surface area (Å²) in [6.07, 6.45) is 0.913. The van der Waals surface area contributed by atoms with Crippen molar-refractivity contribution >= 4 is 15.9 Å². The van der Waals surface area contributed by atoms with Crippen molar-refractivity contribution in [1.82, 2.24) is 9.78 Å². The second kappa shape index (κ2) is 6.65. The van der Waals surface area contributed by atoms with Crippen molar-refractivity contribution in [3.05, 3.63) is 45.2 Å². The first-order valence-corrected chi connectivity index (χ1v) is 8.16. The summed E-state index contributed by atoms with van der Waals surface area (Å²) in [4.78, 5) is 0. The van der Waals surface area contributed by atoms with Gasteiger partial charge in [-0.1, -0.05) is 26.8 Å². The van der Waals surface area contributed by atoms with E-state index < -0.39 is 0 Å². The van der Waals surface area contributed by atoms with Crippen LogP contribution in [0.5, 0.6) is 5.75 Å². The Bertz CT molecular complexity index is 632. The Balaban J connectivity index is 2.13. The largest absolute Gasteiger partial charge is 0.487 e. The molecule has 0 aliphatic rings. The van der Waals surface area contributed by atoms with E-state index in [2.05, 4.69) is 60.9 Å². The number of aryl methyl sites for hydroxylation is 3. The van der Waals surface area contributed by atoms with E-state index in [-0.39, 0.29) is 0 Å². The van der Waals surface area contributed by atoms with Gasteiger partial charge in [0.15, 0.2) is 0 Å². The van der Waals surface area contributed by atoms with Gasteiger partial charge >= 0.3 is 0 Å². The summed E-state index contributed by atoms with van der Waals surface area (Å²) in [5.41, 5.74) is 4.79. The zero-order valence-electron chi connectivity index (χ0n) is 13.4. The molecule has 0 atom stereocenters. The summed E-state index contributed by atoms with van der Waals surface area (Å²) >= 11 is 3.62. The first-order chi connectivity index (χ1) is 9.93. The van der Waals surface area contributed by atoms with Crippen LogP contribution < -0.4 is 4.74 Å². The maximum Gasteiger partial charge on any atom is 0.131 e. The molecule has 0 fully saturated rings. The molecule has 0 amide bonds. The molecule has 1 aromatic carbocycles. The van der Waals surface area contributed by atoms with E-state index in [1.807, 2.05) is 17.8 Å². The minimum atomic E-state index is 0.518. The van der Waals surface area contributed by atoms with E-state index in [0.29, 0.717) is 12.5 Å². The minimum Gasteiger partial charge on any atom is -0.487 e. The monoisotopic (exact) mass is 350 g/mol. The molecule has 0 aliphatic heterocycles. The summed E-state index contributed by atoms with van der Waals surface area (Å²) < 4.78 is 8.88. The van der Waals surface area contributed by atoms with Crippen molar-refractivity contribution in [3.8, 4) is 5.75 Å². The first kappa shape index (κ1) is 16.1. The molecule has 0 aliphatic carbocycles. The van der Waals surface area contributed by atoms with Crippen LogP contribution >= 0.6 is 15.9 Å². The summed E-state index contributed by atoms with van der Waals surface area (Å²) in [5, 5.41) is 4.49. The molecule has 0 radical (unpaired) electrons. The van der Waals surface area contributed by atoms with Gasteiger partial charge in [0.2, 0.25) is 0 Å². The fourth-order valence-corrected chi connectivity index (χ4v) is 3.24. The molecule has 114 valence electrons. The molecule has 1 aromatic heterocycles. The summed E-state index contributed by atoms with van der Waals surface area (Å²) in [7, 11) is 1.95. The minimum absolute atomic E-state index is 0.518. The van der Waals surface area contributed by atoms with E-state index in [4.69, 9.17) is 4.74 Å². The average Bonchev–Trinajstić information content (AvgIpc) is 2.71. The molecule has 0 spiro atoms. The fourth-order valence-electron chi connectivity index (χ4n) is 2.51. The highest BCUT2D eigenvalue weighted by atomic mass is 79.9. The molecule has 0 saturated heterocycles. The normalized spacial score (nSPS) is 11.2. The zero-order chi connectivity index (χ0) is 15.6. The third kappa shape index (κ3) is 3.49. The maximum absolute atomic E-state index is 5.94. The van der Waals surface area contributed by atoms with Crippen LogP contribution in [0.1, 0.15) is 49.2 Å². The molecule has 21 heavy (non-hydrogen) atoms. The van der Waals surface area contributed by atoms with E-state index in [1.165, 1.54) is 11.1 Å². The lowest BCUT2D eigenvalue weighted by Crippen LogP contribution is -2.04. The highest BCUT2D eigenvalue weighted by Gasteiger charge is 2.13. The van der Waals surface area contributed by atoms with Crippen LogP contribution in [0.2, 0.25) is 0 Å². The van der Waals surface area contributed by atoms with Crippen LogP contribution in [0.15, 0.2) is 22.7 Å². The quantitative estimate of drug-likeness (QED) is 0.777. The van der Waals surface area contributed by atoms with Gasteiger partial charge in [-0.05, 0) is 58.5 Å². The number of nitrogens with zero attached hydrogens (tertiary/aromatic N) is 2. The van der Waals surface area contributed by atoms with E-state index >= 15 is 0 Å². The highest BCUT2D eigenvalue weighted by molar-refractivity contribution is 9.10. The van der Waals surface area contributed by atoms with Gasteiger partial charge < -0.3 is 4.74 Å². The molecule has 4 heteroatoms. The van der Waals surface area contributed by atoms with Crippen LogP contribution in [0.4, 0.5) is 0 Å². The van der Waals surface area contributed by atoms with Crippen molar-refractivity contribution < 1.29 is 4.74 Å². The van der Waals surface area contributed by atoms with Gasteiger partial charge in [0.05, 0.1) is 15.9 Å². The molecule has 0 bridgehead atoms.